The maximum Gasteiger partial charge on any atom is 0.228 e. The first-order valence-electron chi connectivity index (χ1n) is 3.55. The smallest absolute Gasteiger partial charge is 0.228 e. The van der Waals surface area contributed by atoms with Crippen LogP contribution in [0.5, 0.6) is 0 Å². The Kier molecular flexibility index (Phi) is 4.38. The van der Waals surface area contributed by atoms with E-state index in [4.69, 9.17) is 12.6 Å². The molecule has 12 heavy (non-hydrogen) atoms. The molecule has 67 valence electrons. The average Bonchev–Trinajstić information content (AvgIpc) is 2.07. The minimum atomic E-state index is -0.523. The molecular weight excluding hydrogens is 213 g/mol. The van der Waals surface area contributed by atoms with Crippen molar-refractivity contribution in [1.82, 2.24) is 4.90 Å². The van der Waals surface area contributed by atoms with Crippen molar-refractivity contribution in [3.8, 4) is 0 Å². The van der Waals surface area contributed by atoms with Crippen LogP contribution in [0.4, 0.5) is 0 Å². The van der Waals surface area contributed by atoms with Gasteiger partial charge in [0.15, 0.2) is 0 Å². The number of rotatable bonds is 1. The molecule has 1 aliphatic rings. The number of carbonyl (C=O) groups excluding carboxylic acids is 2. The van der Waals surface area contributed by atoms with Crippen LogP contribution in [0.2, 0.25) is 0 Å². The average molecular weight is 223 g/mol. The fourth-order valence-corrected chi connectivity index (χ4v) is 1.42. The second-order valence-corrected chi connectivity index (χ2v) is 3.46. The first-order valence-corrected chi connectivity index (χ1v) is 4.03. The van der Waals surface area contributed by atoms with Crippen molar-refractivity contribution >= 4 is 24.4 Å². The van der Waals surface area contributed by atoms with E-state index in [1.54, 1.807) is 0 Å². The Morgan fingerprint density at radius 3 is 2.17 bits per heavy atom. The zero-order valence-electron chi connectivity index (χ0n) is 6.98. The number of imide groups is 1. The molecule has 1 unspecified atom stereocenters. The largest absolute Gasteiger partial charge is 0.779 e. The minimum Gasteiger partial charge on any atom is -0.779 e. The summed E-state index contributed by atoms with van der Waals surface area (Å²) in [4.78, 5) is 23.5. The molecule has 1 rings (SSSR count). The summed E-state index contributed by atoms with van der Waals surface area (Å²) in [6.45, 7) is 3.62. The van der Waals surface area contributed by atoms with Gasteiger partial charge in [0, 0.05) is 31.0 Å². The predicted octanol–water partition coefficient (Wildman–Crippen LogP) is 0.0667. The van der Waals surface area contributed by atoms with Crippen molar-refractivity contribution in [3.63, 3.8) is 0 Å². The summed E-state index contributed by atoms with van der Waals surface area (Å²) in [7, 11) is 0. The molecule has 0 N–H and O–H groups in total. The van der Waals surface area contributed by atoms with Crippen LogP contribution in [0.15, 0.2) is 0 Å². The second kappa shape index (κ2) is 4.35. The number of hydrogen-bond donors (Lipinski definition) is 0. The predicted molar refractivity (Wildman–Crippen MR) is 42.8 cm³/mol. The van der Waals surface area contributed by atoms with Crippen LogP contribution in [0.1, 0.15) is 20.3 Å². The molecule has 0 spiro atoms. The summed E-state index contributed by atoms with van der Waals surface area (Å²) < 4.78 is 0. The number of likely N-dealkylation sites (tertiary alicyclic amines) is 1. The van der Waals surface area contributed by atoms with E-state index in [-0.39, 0.29) is 42.8 Å². The standard InChI is InChI=1S/C7H11NO2S.V/c1-4(2)8-6(9)3-5(11)7(8)10;/h4-5,11H,3H2,1-2H3;/p-1. The fraction of sp³-hybridized carbons (Fsp3) is 0.714. The van der Waals surface area contributed by atoms with Gasteiger partial charge in [-0.1, -0.05) is 5.25 Å². The Morgan fingerprint density at radius 1 is 1.50 bits per heavy atom. The van der Waals surface area contributed by atoms with Gasteiger partial charge in [-0.2, -0.15) is 0 Å². The van der Waals surface area contributed by atoms with Gasteiger partial charge in [-0.3, -0.25) is 14.5 Å². The molecule has 1 aliphatic heterocycles. The molecule has 1 heterocycles. The van der Waals surface area contributed by atoms with Gasteiger partial charge in [-0.25, -0.2) is 0 Å². The van der Waals surface area contributed by atoms with E-state index < -0.39 is 5.25 Å². The molecule has 0 aliphatic carbocycles. The molecule has 2 amide bonds. The molecule has 1 saturated heterocycles. The number of carbonyl (C=O) groups is 2. The van der Waals surface area contributed by atoms with E-state index in [0.717, 1.165) is 0 Å². The number of hydrogen-bond acceptors (Lipinski definition) is 3. The van der Waals surface area contributed by atoms with Crippen molar-refractivity contribution in [1.29, 1.82) is 0 Å². The zero-order chi connectivity index (χ0) is 8.59. The quantitative estimate of drug-likeness (QED) is 0.466. The van der Waals surface area contributed by atoms with E-state index in [2.05, 4.69) is 0 Å². The first kappa shape index (κ1) is 12.1. The van der Waals surface area contributed by atoms with E-state index >= 15 is 0 Å². The molecule has 1 radical (unpaired) electrons. The third-order valence-electron chi connectivity index (χ3n) is 1.66. The molecule has 0 saturated carbocycles. The first-order chi connectivity index (χ1) is 5.04. The molecular formula is C7H10NO2SV-. The third kappa shape index (κ3) is 2.06. The Bertz CT molecular complexity index is 208. The van der Waals surface area contributed by atoms with Gasteiger partial charge in [0.2, 0.25) is 11.8 Å². The molecule has 0 aromatic carbocycles. The summed E-state index contributed by atoms with van der Waals surface area (Å²) >= 11 is 4.79. The molecule has 0 aromatic heterocycles. The Hall–Kier alpha value is 0.0744. The van der Waals surface area contributed by atoms with Gasteiger partial charge in [-0.05, 0) is 13.8 Å². The van der Waals surface area contributed by atoms with Gasteiger partial charge in [0.1, 0.15) is 0 Å². The molecule has 1 fully saturated rings. The van der Waals surface area contributed by atoms with Crippen LogP contribution in [0.3, 0.4) is 0 Å². The summed E-state index contributed by atoms with van der Waals surface area (Å²) in [6, 6.07) is -0.0528. The maximum absolute atomic E-state index is 11.2. The molecule has 0 aromatic rings. The van der Waals surface area contributed by atoms with Gasteiger partial charge in [-0.15, -0.1) is 0 Å². The summed E-state index contributed by atoms with van der Waals surface area (Å²) in [6.07, 6.45) is 0.201. The maximum atomic E-state index is 11.2. The van der Waals surface area contributed by atoms with Crippen LogP contribution in [0.25, 0.3) is 0 Å². The van der Waals surface area contributed by atoms with Crippen molar-refractivity contribution in [2.75, 3.05) is 0 Å². The van der Waals surface area contributed by atoms with E-state index in [9.17, 15) is 9.59 Å². The van der Waals surface area contributed by atoms with Crippen LogP contribution < -0.4 is 0 Å². The topological polar surface area (TPSA) is 37.4 Å². The zero-order valence-corrected chi connectivity index (χ0v) is 9.19. The summed E-state index contributed by atoms with van der Waals surface area (Å²) in [5.41, 5.74) is 0. The minimum absolute atomic E-state index is 0. The summed E-state index contributed by atoms with van der Waals surface area (Å²) in [5, 5.41) is -0.523. The van der Waals surface area contributed by atoms with Crippen LogP contribution >= 0.6 is 0 Å². The molecule has 1 atom stereocenters. The molecule has 5 heteroatoms. The Balaban J connectivity index is 0.00000121. The number of amides is 2. The van der Waals surface area contributed by atoms with Crippen LogP contribution in [-0.2, 0) is 40.8 Å². The Morgan fingerprint density at radius 2 is 2.00 bits per heavy atom. The van der Waals surface area contributed by atoms with Crippen molar-refractivity contribution in [2.45, 2.75) is 31.6 Å². The van der Waals surface area contributed by atoms with Crippen molar-refractivity contribution < 1.29 is 28.1 Å². The number of nitrogens with zero attached hydrogens (tertiary/aromatic N) is 1. The van der Waals surface area contributed by atoms with Crippen LogP contribution in [-0.4, -0.2) is 28.0 Å². The van der Waals surface area contributed by atoms with Gasteiger partial charge in [0.25, 0.3) is 0 Å². The normalized spacial score (nSPS) is 23.3. The van der Waals surface area contributed by atoms with E-state index in [0.29, 0.717) is 0 Å². The van der Waals surface area contributed by atoms with Gasteiger partial charge in [0.05, 0.1) is 0 Å². The van der Waals surface area contributed by atoms with Gasteiger partial charge >= 0.3 is 0 Å². The summed E-state index contributed by atoms with van der Waals surface area (Å²) in [5.74, 6) is -0.343. The van der Waals surface area contributed by atoms with Crippen LogP contribution in [0, 0.1) is 0 Å². The van der Waals surface area contributed by atoms with E-state index in [1.165, 1.54) is 4.90 Å². The molecule has 0 bridgehead atoms. The van der Waals surface area contributed by atoms with E-state index in [1.807, 2.05) is 13.8 Å². The molecule has 3 nitrogen and oxygen atoms in total. The second-order valence-electron chi connectivity index (χ2n) is 2.89. The van der Waals surface area contributed by atoms with Gasteiger partial charge < -0.3 is 12.6 Å². The Labute approximate surface area is 89.2 Å². The monoisotopic (exact) mass is 223 g/mol. The third-order valence-corrected chi connectivity index (χ3v) is 2.03. The van der Waals surface area contributed by atoms with Crippen molar-refractivity contribution in [2.24, 2.45) is 0 Å². The SMILES string of the molecule is CC(C)N1C(=O)CC([S-])C1=O.[V]. The van der Waals surface area contributed by atoms with Crippen molar-refractivity contribution in [3.05, 3.63) is 0 Å². The fourth-order valence-electron chi connectivity index (χ4n) is 1.16.